The molecule has 7 nitrogen and oxygen atoms in total. The first-order chi connectivity index (χ1) is 8.02. The van der Waals surface area contributed by atoms with Crippen LogP contribution in [0.3, 0.4) is 0 Å². The SMILES string of the molecule is COC(=O)C1CC(=O)N(C2=NC(=O)CN2C)C1. The van der Waals surface area contributed by atoms with E-state index < -0.39 is 11.9 Å². The number of carbonyl (C=O) groups excluding carboxylic acids is 3. The summed E-state index contributed by atoms with van der Waals surface area (Å²) in [5.74, 6) is -1.04. The Labute approximate surface area is 98.0 Å². The van der Waals surface area contributed by atoms with E-state index in [2.05, 4.69) is 9.73 Å². The molecule has 7 heteroatoms. The maximum Gasteiger partial charge on any atom is 0.311 e. The average molecular weight is 239 g/mol. The first-order valence-electron chi connectivity index (χ1n) is 5.23. The molecule has 17 heavy (non-hydrogen) atoms. The van der Waals surface area contributed by atoms with E-state index in [4.69, 9.17) is 0 Å². The highest BCUT2D eigenvalue weighted by Gasteiger charge is 2.40. The molecule has 92 valence electrons. The molecule has 0 saturated carbocycles. The maximum absolute atomic E-state index is 11.7. The molecule has 0 aromatic heterocycles. The van der Waals surface area contributed by atoms with Crippen LogP contribution in [0.5, 0.6) is 0 Å². The minimum atomic E-state index is -0.473. The van der Waals surface area contributed by atoms with E-state index in [1.165, 1.54) is 12.0 Å². The number of likely N-dealkylation sites (tertiary alicyclic amines) is 1. The summed E-state index contributed by atoms with van der Waals surface area (Å²) >= 11 is 0. The van der Waals surface area contributed by atoms with Gasteiger partial charge in [0, 0.05) is 20.0 Å². The molecule has 1 unspecified atom stereocenters. The van der Waals surface area contributed by atoms with E-state index in [1.54, 1.807) is 11.9 Å². The van der Waals surface area contributed by atoms with Crippen molar-refractivity contribution in [2.24, 2.45) is 10.9 Å². The minimum Gasteiger partial charge on any atom is -0.469 e. The zero-order chi connectivity index (χ0) is 12.6. The van der Waals surface area contributed by atoms with Crippen LogP contribution in [0, 0.1) is 5.92 Å². The molecule has 2 aliphatic heterocycles. The fourth-order valence-corrected chi connectivity index (χ4v) is 2.00. The van der Waals surface area contributed by atoms with Gasteiger partial charge in [0.2, 0.25) is 11.9 Å². The van der Waals surface area contributed by atoms with Crippen LogP contribution in [-0.4, -0.2) is 60.8 Å². The Morgan fingerprint density at radius 1 is 1.47 bits per heavy atom. The lowest BCUT2D eigenvalue weighted by molar-refractivity contribution is -0.145. The lowest BCUT2D eigenvalue weighted by atomic mass is 10.1. The highest BCUT2D eigenvalue weighted by molar-refractivity contribution is 6.08. The van der Waals surface area contributed by atoms with E-state index in [1.807, 2.05) is 0 Å². The first kappa shape index (κ1) is 11.6. The van der Waals surface area contributed by atoms with Crippen LogP contribution in [-0.2, 0) is 19.1 Å². The van der Waals surface area contributed by atoms with Crippen LogP contribution < -0.4 is 0 Å². The van der Waals surface area contributed by atoms with Gasteiger partial charge in [-0.25, -0.2) is 0 Å². The van der Waals surface area contributed by atoms with Crippen molar-refractivity contribution in [2.75, 3.05) is 27.2 Å². The second-order valence-electron chi connectivity index (χ2n) is 4.09. The number of hydrogen-bond acceptors (Lipinski definition) is 5. The largest absolute Gasteiger partial charge is 0.469 e. The van der Waals surface area contributed by atoms with Gasteiger partial charge >= 0.3 is 5.97 Å². The van der Waals surface area contributed by atoms with E-state index >= 15 is 0 Å². The smallest absolute Gasteiger partial charge is 0.311 e. The zero-order valence-corrected chi connectivity index (χ0v) is 9.67. The standard InChI is InChI=1S/C10H13N3O4/c1-12-5-7(14)11-10(12)13-4-6(3-8(13)15)9(16)17-2/h6H,3-5H2,1-2H3. The Morgan fingerprint density at radius 2 is 2.18 bits per heavy atom. The molecule has 2 amide bonds. The first-order valence-corrected chi connectivity index (χ1v) is 5.23. The van der Waals surface area contributed by atoms with Crippen LogP contribution >= 0.6 is 0 Å². The summed E-state index contributed by atoms with van der Waals surface area (Å²) in [5.41, 5.74) is 0. The van der Waals surface area contributed by atoms with E-state index in [9.17, 15) is 14.4 Å². The van der Waals surface area contributed by atoms with Gasteiger partial charge in [-0.15, -0.1) is 0 Å². The molecular formula is C10H13N3O4. The fraction of sp³-hybridized carbons (Fsp3) is 0.600. The van der Waals surface area contributed by atoms with Crippen molar-refractivity contribution in [1.29, 1.82) is 0 Å². The van der Waals surface area contributed by atoms with Gasteiger partial charge in [0.15, 0.2) is 0 Å². The molecule has 0 aromatic carbocycles. The fourth-order valence-electron chi connectivity index (χ4n) is 2.00. The molecule has 0 bridgehead atoms. The number of aliphatic imine (C=N–C) groups is 1. The number of hydrogen-bond donors (Lipinski definition) is 0. The van der Waals surface area contributed by atoms with E-state index in [0.29, 0.717) is 5.96 Å². The van der Waals surface area contributed by atoms with Crippen molar-refractivity contribution in [3.05, 3.63) is 0 Å². The number of rotatable bonds is 1. The predicted molar refractivity (Wildman–Crippen MR) is 56.9 cm³/mol. The number of methoxy groups -OCH3 is 1. The predicted octanol–water partition coefficient (Wildman–Crippen LogP) is -1.16. The number of ether oxygens (including phenoxy) is 1. The molecule has 2 heterocycles. The van der Waals surface area contributed by atoms with Crippen molar-refractivity contribution < 1.29 is 19.1 Å². The second kappa shape index (κ2) is 4.15. The number of amides is 2. The quantitative estimate of drug-likeness (QED) is 0.539. The van der Waals surface area contributed by atoms with Crippen molar-refractivity contribution >= 4 is 23.7 Å². The molecule has 0 aromatic rings. The van der Waals surface area contributed by atoms with Crippen molar-refractivity contribution in [1.82, 2.24) is 9.80 Å². The Balaban J connectivity index is 2.14. The molecule has 0 N–H and O–H groups in total. The Morgan fingerprint density at radius 3 is 2.71 bits per heavy atom. The maximum atomic E-state index is 11.7. The van der Waals surface area contributed by atoms with Crippen molar-refractivity contribution in [3.63, 3.8) is 0 Å². The Hall–Kier alpha value is -1.92. The van der Waals surface area contributed by atoms with E-state index in [-0.39, 0.29) is 31.3 Å². The molecule has 0 spiro atoms. The number of likely N-dealkylation sites (N-methyl/N-ethyl adjacent to an activating group) is 1. The van der Waals surface area contributed by atoms with Crippen LogP contribution in [0.4, 0.5) is 0 Å². The highest BCUT2D eigenvalue weighted by atomic mass is 16.5. The molecule has 2 rings (SSSR count). The summed E-state index contributed by atoms with van der Waals surface area (Å²) in [4.78, 5) is 41.0. The third-order valence-electron chi connectivity index (χ3n) is 2.84. The lowest BCUT2D eigenvalue weighted by Crippen LogP contribution is -2.41. The summed E-state index contributed by atoms with van der Waals surface area (Å²) < 4.78 is 4.60. The third-order valence-corrected chi connectivity index (χ3v) is 2.84. The summed E-state index contributed by atoms with van der Waals surface area (Å²) in [5, 5.41) is 0. The Bertz CT molecular complexity index is 418. The van der Waals surface area contributed by atoms with Crippen LogP contribution in [0.2, 0.25) is 0 Å². The molecule has 2 aliphatic rings. The van der Waals surface area contributed by atoms with Gasteiger partial charge < -0.3 is 9.64 Å². The zero-order valence-electron chi connectivity index (χ0n) is 9.67. The lowest BCUT2D eigenvalue weighted by Gasteiger charge is -2.21. The number of esters is 1. The van der Waals surface area contributed by atoms with Gasteiger partial charge in [-0.3, -0.25) is 19.3 Å². The topological polar surface area (TPSA) is 79.3 Å². The van der Waals surface area contributed by atoms with Crippen LogP contribution in [0.25, 0.3) is 0 Å². The summed E-state index contributed by atoms with van der Waals surface area (Å²) in [6, 6.07) is 0. The van der Waals surface area contributed by atoms with Gasteiger partial charge in [-0.05, 0) is 0 Å². The number of carbonyl (C=O) groups is 3. The number of guanidine groups is 1. The summed E-state index contributed by atoms with van der Waals surface area (Å²) in [7, 11) is 2.97. The van der Waals surface area contributed by atoms with Gasteiger partial charge in [0.05, 0.1) is 13.0 Å². The van der Waals surface area contributed by atoms with Gasteiger partial charge in [0.25, 0.3) is 5.91 Å². The third kappa shape index (κ3) is 2.00. The Kier molecular flexibility index (Phi) is 2.83. The van der Waals surface area contributed by atoms with Crippen LogP contribution in [0.1, 0.15) is 6.42 Å². The molecule has 1 saturated heterocycles. The highest BCUT2D eigenvalue weighted by Crippen LogP contribution is 2.21. The molecule has 1 fully saturated rings. The molecule has 1 atom stereocenters. The second-order valence-corrected chi connectivity index (χ2v) is 4.09. The van der Waals surface area contributed by atoms with Crippen molar-refractivity contribution in [3.8, 4) is 0 Å². The molecular weight excluding hydrogens is 226 g/mol. The van der Waals surface area contributed by atoms with Crippen LogP contribution in [0.15, 0.2) is 4.99 Å². The molecule has 0 radical (unpaired) electrons. The minimum absolute atomic E-state index is 0.105. The van der Waals surface area contributed by atoms with Gasteiger partial charge in [0.1, 0.15) is 6.54 Å². The van der Waals surface area contributed by atoms with Crippen molar-refractivity contribution in [2.45, 2.75) is 6.42 Å². The van der Waals surface area contributed by atoms with E-state index in [0.717, 1.165) is 0 Å². The molecule has 0 aliphatic carbocycles. The average Bonchev–Trinajstić information content (AvgIpc) is 2.80. The monoisotopic (exact) mass is 239 g/mol. The number of nitrogens with zero attached hydrogens (tertiary/aromatic N) is 3. The normalized spacial score (nSPS) is 24.4. The summed E-state index contributed by atoms with van der Waals surface area (Å²) in [6.45, 7) is 0.393. The summed E-state index contributed by atoms with van der Waals surface area (Å²) in [6.07, 6.45) is 0.105. The van der Waals surface area contributed by atoms with Gasteiger partial charge in [-0.2, -0.15) is 4.99 Å². The van der Waals surface area contributed by atoms with Gasteiger partial charge in [-0.1, -0.05) is 0 Å².